The first-order valence-electron chi connectivity index (χ1n) is 3.79. The molecule has 0 fully saturated rings. The summed E-state index contributed by atoms with van der Waals surface area (Å²) in [5.74, 6) is 0.657. The van der Waals surface area contributed by atoms with Crippen molar-refractivity contribution >= 4 is 17.2 Å². The van der Waals surface area contributed by atoms with Gasteiger partial charge in [-0.1, -0.05) is 11.6 Å². The van der Waals surface area contributed by atoms with Crippen molar-refractivity contribution in [3.63, 3.8) is 0 Å². The van der Waals surface area contributed by atoms with Gasteiger partial charge >= 0.3 is 0 Å². The molecule has 0 saturated heterocycles. The highest BCUT2D eigenvalue weighted by Gasteiger charge is 2.02. The minimum Gasteiger partial charge on any atom is -0.377 e. The molecule has 0 aliphatic rings. The summed E-state index contributed by atoms with van der Waals surface area (Å²) in [6.07, 6.45) is 1.71. The van der Waals surface area contributed by atoms with Crippen molar-refractivity contribution in [3.05, 3.63) is 29.2 Å². The fraction of sp³-hybridized carbons (Fsp3) is 0.250. The Balaban J connectivity index is 2.49. The Bertz CT molecular complexity index is 426. The van der Waals surface area contributed by atoms with Gasteiger partial charge < -0.3 is 4.74 Å². The van der Waals surface area contributed by atoms with Gasteiger partial charge in [-0.3, -0.25) is 0 Å². The highest BCUT2D eigenvalue weighted by molar-refractivity contribution is 6.30. The number of methoxy groups -OCH3 is 1. The molecule has 0 amide bonds. The fourth-order valence-corrected chi connectivity index (χ4v) is 1.25. The molecule has 0 unspecified atom stereocenters. The molecule has 4 nitrogen and oxygen atoms in total. The molecule has 0 aromatic carbocycles. The molecular weight excluding hydrogens is 190 g/mol. The Morgan fingerprint density at radius 3 is 3.15 bits per heavy atom. The fourth-order valence-electron chi connectivity index (χ4n) is 1.09. The Kier molecular flexibility index (Phi) is 2.16. The second-order valence-electron chi connectivity index (χ2n) is 2.61. The highest BCUT2D eigenvalue weighted by Crippen LogP contribution is 2.09. The van der Waals surface area contributed by atoms with Crippen molar-refractivity contribution in [2.45, 2.75) is 6.61 Å². The van der Waals surface area contributed by atoms with E-state index in [1.807, 2.05) is 6.07 Å². The summed E-state index contributed by atoms with van der Waals surface area (Å²) in [4.78, 5) is 4.21. The summed E-state index contributed by atoms with van der Waals surface area (Å²) >= 11 is 5.79. The number of rotatable bonds is 2. The van der Waals surface area contributed by atoms with Gasteiger partial charge in [-0.15, -0.1) is 5.10 Å². The average Bonchev–Trinajstić information content (AvgIpc) is 2.46. The lowest BCUT2D eigenvalue weighted by Crippen LogP contribution is -1.91. The van der Waals surface area contributed by atoms with Gasteiger partial charge in [0.15, 0.2) is 11.5 Å². The molecule has 2 rings (SSSR count). The first-order chi connectivity index (χ1) is 6.29. The molecule has 0 saturated carbocycles. The molecule has 0 atom stereocenters. The number of nitrogens with zero attached hydrogens (tertiary/aromatic N) is 3. The maximum atomic E-state index is 5.79. The van der Waals surface area contributed by atoms with Crippen molar-refractivity contribution < 1.29 is 4.74 Å². The topological polar surface area (TPSA) is 39.4 Å². The van der Waals surface area contributed by atoms with Crippen LogP contribution in [0.4, 0.5) is 0 Å². The van der Waals surface area contributed by atoms with Gasteiger partial charge in [0.05, 0.1) is 5.02 Å². The second-order valence-corrected chi connectivity index (χ2v) is 3.05. The van der Waals surface area contributed by atoms with Gasteiger partial charge in [-0.25, -0.2) is 9.50 Å². The Hall–Kier alpha value is -1.13. The standard InChI is InChI=1S/C8H8ClN3O/c1-13-5-7-10-8-3-2-6(9)4-12(8)11-7/h2-4H,5H2,1H3. The van der Waals surface area contributed by atoms with Gasteiger partial charge in [0.2, 0.25) is 0 Å². The zero-order valence-electron chi connectivity index (χ0n) is 7.07. The number of halogens is 1. The van der Waals surface area contributed by atoms with Gasteiger partial charge in [-0.2, -0.15) is 0 Å². The third-order valence-corrected chi connectivity index (χ3v) is 1.84. The van der Waals surface area contributed by atoms with E-state index in [2.05, 4.69) is 10.1 Å². The van der Waals surface area contributed by atoms with Crippen LogP contribution in [0.1, 0.15) is 5.82 Å². The summed E-state index contributed by atoms with van der Waals surface area (Å²) in [7, 11) is 1.61. The van der Waals surface area contributed by atoms with Crippen LogP contribution in [0.5, 0.6) is 0 Å². The molecule has 0 aliphatic carbocycles. The zero-order valence-corrected chi connectivity index (χ0v) is 7.82. The number of hydrogen-bond acceptors (Lipinski definition) is 3. The molecule has 13 heavy (non-hydrogen) atoms. The Labute approximate surface area is 80.1 Å². The van der Waals surface area contributed by atoms with E-state index in [1.165, 1.54) is 0 Å². The molecule has 2 aromatic rings. The second kappa shape index (κ2) is 3.32. The molecule has 0 aliphatic heterocycles. The van der Waals surface area contributed by atoms with E-state index in [-0.39, 0.29) is 0 Å². The average molecular weight is 198 g/mol. The van der Waals surface area contributed by atoms with Crippen molar-refractivity contribution in [1.29, 1.82) is 0 Å². The number of aromatic nitrogens is 3. The van der Waals surface area contributed by atoms with E-state index in [0.717, 1.165) is 5.65 Å². The van der Waals surface area contributed by atoms with Gasteiger partial charge in [0.1, 0.15) is 6.61 Å². The van der Waals surface area contributed by atoms with Crippen molar-refractivity contribution in [3.8, 4) is 0 Å². The minimum atomic E-state index is 0.416. The Morgan fingerprint density at radius 1 is 1.54 bits per heavy atom. The number of pyridine rings is 1. The van der Waals surface area contributed by atoms with E-state index in [0.29, 0.717) is 17.5 Å². The molecule has 2 heterocycles. The summed E-state index contributed by atoms with van der Waals surface area (Å²) in [6, 6.07) is 3.59. The van der Waals surface area contributed by atoms with E-state index < -0.39 is 0 Å². The van der Waals surface area contributed by atoms with Crippen LogP contribution in [-0.2, 0) is 11.3 Å². The van der Waals surface area contributed by atoms with Crippen LogP contribution in [0, 0.1) is 0 Å². The lowest BCUT2D eigenvalue weighted by molar-refractivity contribution is 0.178. The van der Waals surface area contributed by atoms with Crippen molar-refractivity contribution in [1.82, 2.24) is 14.6 Å². The predicted molar refractivity (Wildman–Crippen MR) is 48.7 cm³/mol. The summed E-state index contributed by atoms with van der Waals surface area (Å²) in [5.41, 5.74) is 0.774. The predicted octanol–water partition coefficient (Wildman–Crippen LogP) is 1.53. The monoisotopic (exact) mass is 197 g/mol. The van der Waals surface area contributed by atoms with Gasteiger partial charge in [-0.05, 0) is 12.1 Å². The van der Waals surface area contributed by atoms with Crippen LogP contribution in [0.15, 0.2) is 18.3 Å². The lowest BCUT2D eigenvalue weighted by atomic mass is 10.5. The Morgan fingerprint density at radius 2 is 2.38 bits per heavy atom. The largest absolute Gasteiger partial charge is 0.377 e. The van der Waals surface area contributed by atoms with Crippen LogP contribution in [0.2, 0.25) is 5.02 Å². The van der Waals surface area contributed by atoms with Crippen LogP contribution in [0.25, 0.3) is 5.65 Å². The smallest absolute Gasteiger partial charge is 0.177 e. The van der Waals surface area contributed by atoms with Crippen LogP contribution in [0.3, 0.4) is 0 Å². The first kappa shape index (κ1) is 8.47. The van der Waals surface area contributed by atoms with Crippen molar-refractivity contribution in [2.75, 3.05) is 7.11 Å². The maximum absolute atomic E-state index is 5.79. The minimum absolute atomic E-state index is 0.416. The number of fused-ring (bicyclic) bond motifs is 1. The molecule has 0 radical (unpaired) electrons. The lowest BCUT2D eigenvalue weighted by Gasteiger charge is -1.89. The molecule has 68 valence electrons. The van der Waals surface area contributed by atoms with E-state index >= 15 is 0 Å². The van der Waals surface area contributed by atoms with E-state index in [4.69, 9.17) is 16.3 Å². The number of ether oxygens (including phenoxy) is 1. The third kappa shape index (κ3) is 1.64. The quantitative estimate of drug-likeness (QED) is 0.733. The van der Waals surface area contributed by atoms with Crippen LogP contribution >= 0.6 is 11.6 Å². The highest BCUT2D eigenvalue weighted by atomic mass is 35.5. The molecule has 0 spiro atoms. The van der Waals surface area contributed by atoms with E-state index in [9.17, 15) is 0 Å². The zero-order chi connectivity index (χ0) is 9.26. The van der Waals surface area contributed by atoms with Crippen molar-refractivity contribution in [2.24, 2.45) is 0 Å². The van der Waals surface area contributed by atoms with Crippen LogP contribution in [-0.4, -0.2) is 21.7 Å². The van der Waals surface area contributed by atoms with Gasteiger partial charge in [0, 0.05) is 13.3 Å². The maximum Gasteiger partial charge on any atom is 0.177 e. The number of hydrogen-bond donors (Lipinski definition) is 0. The molecule has 5 heteroatoms. The van der Waals surface area contributed by atoms with Crippen LogP contribution < -0.4 is 0 Å². The van der Waals surface area contributed by atoms with Gasteiger partial charge in [0.25, 0.3) is 0 Å². The molecule has 2 aromatic heterocycles. The summed E-state index contributed by atoms with van der Waals surface area (Å²) < 4.78 is 6.55. The van der Waals surface area contributed by atoms with E-state index in [1.54, 1.807) is 23.9 Å². The summed E-state index contributed by atoms with van der Waals surface area (Å²) in [6.45, 7) is 0.416. The third-order valence-electron chi connectivity index (χ3n) is 1.61. The molecular formula is C8H8ClN3O. The molecule has 0 bridgehead atoms. The molecule has 0 N–H and O–H groups in total. The normalized spacial score (nSPS) is 10.9. The summed E-state index contributed by atoms with van der Waals surface area (Å²) in [5, 5.41) is 4.80. The SMILES string of the molecule is COCc1nc2ccc(Cl)cn2n1. The first-order valence-corrected chi connectivity index (χ1v) is 4.17.